The number of hydrogen-bond acceptors (Lipinski definition) is 4. The Kier molecular flexibility index (Phi) is 4.44. The number of amides is 2. The number of likely N-dealkylation sites (tertiary alicyclic amines) is 1. The molecule has 0 bridgehead atoms. The van der Waals surface area contributed by atoms with Gasteiger partial charge in [-0.25, -0.2) is 14.8 Å². The summed E-state index contributed by atoms with van der Waals surface area (Å²) in [7, 11) is 0. The lowest BCUT2D eigenvalue weighted by molar-refractivity contribution is 0.221. The van der Waals surface area contributed by atoms with Crippen LogP contribution in [0.5, 0.6) is 0 Å². The molecule has 1 N–H and O–H groups in total. The predicted octanol–water partition coefficient (Wildman–Crippen LogP) is 4.82. The molecule has 1 saturated heterocycles. The van der Waals surface area contributed by atoms with Crippen LogP contribution in [-0.2, 0) is 0 Å². The predicted molar refractivity (Wildman–Crippen MR) is 111 cm³/mol. The van der Waals surface area contributed by atoms with Gasteiger partial charge in [-0.15, -0.1) is 0 Å². The van der Waals surface area contributed by atoms with Crippen molar-refractivity contribution in [2.24, 2.45) is 0 Å². The number of carbonyl (C=O) groups is 1. The quantitative estimate of drug-likeness (QED) is 0.528. The third-order valence-corrected chi connectivity index (χ3v) is 5.32. The number of furan rings is 1. The third-order valence-electron chi connectivity index (χ3n) is 5.08. The number of pyridine rings is 1. The van der Waals surface area contributed by atoms with E-state index in [2.05, 4.69) is 14.9 Å². The number of imidazole rings is 1. The maximum atomic E-state index is 12.7. The second-order valence-electron chi connectivity index (χ2n) is 6.96. The topological polar surface area (TPSA) is 76.2 Å². The van der Waals surface area contributed by atoms with Gasteiger partial charge in [0.2, 0.25) is 0 Å². The van der Waals surface area contributed by atoms with Gasteiger partial charge in [0.05, 0.1) is 12.3 Å². The summed E-state index contributed by atoms with van der Waals surface area (Å²) in [6.07, 6.45) is 4.19. The number of nitrogens with zero attached hydrogens (tertiary/aromatic N) is 4. The highest BCUT2D eigenvalue weighted by atomic mass is 35.5. The number of benzene rings is 1. The monoisotopic (exact) mass is 407 g/mol. The van der Waals surface area contributed by atoms with Gasteiger partial charge in [-0.05, 0) is 48.9 Å². The van der Waals surface area contributed by atoms with Gasteiger partial charge in [-0.3, -0.25) is 0 Å². The van der Waals surface area contributed by atoms with E-state index in [-0.39, 0.29) is 12.1 Å². The first-order valence-corrected chi connectivity index (χ1v) is 9.75. The molecule has 29 heavy (non-hydrogen) atoms. The van der Waals surface area contributed by atoms with Crippen LogP contribution in [0.2, 0.25) is 5.02 Å². The summed E-state index contributed by atoms with van der Waals surface area (Å²) in [5.74, 6) is 1.41. The van der Waals surface area contributed by atoms with Crippen LogP contribution in [0, 0.1) is 0 Å². The Morgan fingerprint density at radius 1 is 1.21 bits per heavy atom. The zero-order valence-corrected chi connectivity index (χ0v) is 16.2. The molecule has 0 unspecified atom stereocenters. The summed E-state index contributed by atoms with van der Waals surface area (Å²) in [6, 6.07) is 14.6. The lowest BCUT2D eigenvalue weighted by Crippen LogP contribution is -2.33. The van der Waals surface area contributed by atoms with E-state index < -0.39 is 0 Å². The normalized spacial score (nSPS) is 16.4. The van der Waals surface area contributed by atoms with E-state index in [1.165, 1.54) is 0 Å². The third kappa shape index (κ3) is 3.34. The van der Waals surface area contributed by atoms with Gasteiger partial charge in [0.25, 0.3) is 0 Å². The van der Waals surface area contributed by atoms with Crippen LogP contribution in [0.4, 0.5) is 10.5 Å². The number of nitrogens with one attached hydrogen (secondary N) is 1. The molecule has 4 heterocycles. The van der Waals surface area contributed by atoms with E-state index in [0.29, 0.717) is 29.6 Å². The summed E-state index contributed by atoms with van der Waals surface area (Å²) in [6.45, 7) is 1.20. The van der Waals surface area contributed by atoms with Gasteiger partial charge >= 0.3 is 6.03 Å². The highest BCUT2D eigenvalue weighted by molar-refractivity contribution is 6.30. The van der Waals surface area contributed by atoms with Crippen molar-refractivity contribution < 1.29 is 9.21 Å². The summed E-state index contributed by atoms with van der Waals surface area (Å²) in [5, 5.41) is 3.50. The number of anilines is 1. The van der Waals surface area contributed by atoms with Crippen molar-refractivity contribution in [3.63, 3.8) is 0 Å². The minimum Gasteiger partial charge on any atom is -0.461 e. The second kappa shape index (κ2) is 7.25. The molecule has 3 aromatic heterocycles. The van der Waals surface area contributed by atoms with Gasteiger partial charge < -0.3 is 19.2 Å². The molecule has 146 valence electrons. The van der Waals surface area contributed by atoms with Crippen LogP contribution in [0.1, 0.15) is 12.5 Å². The number of rotatable bonds is 3. The first-order valence-electron chi connectivity index (χ1n) is 9.37. The van der Waals surface area contributed by atoms with Crippen LogP contribution < -0.4 is 5.32 Å². The van der Waals surface area contributed by atoms with Gasteiger partial charge in [0.1, 0.15) is 5.52 Å². The molecule has 1 fully saturated rings. The van der Waals surface area contributed by atoms with E-state index >= 15 is 0 Å². The Bertz CT molecular complexity index is 1170. The molecule has 1 aliphatic heterocycles. The van der Waals surface area contributed by atoms with Crippen molar-refractivity contribution in [3.05, 3.63) is 66.0 Å². The van der Waals surface area contributed by atoms with E-state index in [0.717, 1.165) is 23.4 Å². The molecule has 5 rings (SSSR count). The van der Waals surface area contributed by atoms with Crippen molar-refractivity contribution in [2.45, 2.75) is 12.5 Å². The zero-order valence-electron chi connectivity index (χ0n) is 15.5. The largest absolute Gasteiger partial charge is 0.461 e. The van der Waals surface area contributed by atoms with Crippen LogP contribution in [-0.4, -0.2) is 38.6 Å². The Morgan fingerprint density at radius 3 is 2.97 bits per heavy atom. The van der Waals surface area contributed by atoms with Crippen LogP contribution in [0.25, 0.3) is 22.7 Å². The number of fused-ring (bicyclic) bond motifs is 1. The highest BCUT2D eigenvalue weighted by Gasteiger charge is 2.31. The lowest BCUT2D eigenvalue weighted by atomic mass is 10.2. The molecule has 0 aliphatic carbocycles. The Hall–Kier alpha value is -3.32. The molecule has 4 aromatic rings. The number of aromatic nitrogens is 3. The average molecular weight is 408 g/mol. The highest BCUT2D eigenvalue weighted by Crippen LogP contribution is 2.32. The van der Waals surface area contributed by atoms with Crippen molar-refractivity contribution >= 4 is 34.5 Å². The van der Waals surface area contributed by atoms with Crippen LogP contribution >= 0.6 is 11.6 Å². The number of carbonyl (C=O) groups excluding carboxylic acids is 1. The first-order chi connectivity index (χ1) is 14.2. The molecule has 2 amide bonds. The minimum atomic E-state index is -0.147. The fraction of sp³-hybridized carbons (Fsp3) is 0.190. The van der Waals surface area contributed by atoms with Gasteiger partial charge in [0.15, 0.2) is 17.2 Å². The number of urea groups is 1. The van der Waals surface area contributed by atoms with Crippen molar-refractivity contribution in [1.29, 1.82) is 0 Å². The van der Waals surface area contributed by atoms with Crippen LogP contribution in [0.3, 0.4) is 0 Å². The van der Waals surface area contributed by atoms with E-state index in [1.54, 1.807) is 29.5 Å². The smallest absolute Gasteiger partial charge is 0.321 e. The Balaban J connectivity index is 1.42. The SMILES string of the molecule is O=C(Nc1cccc(Cl)c1)N1CC[C@H](n2c(-c3ccco3)nc3cccnc32)C1. The molecular formula is C21H18ClN5O2. The van der Waals surface area contributed by atoms with E-state index in [9.17, 15) is 4.79 Å². The fourth-order valence-electron chi connectivity index (χ4n) is 3.76. The fourth-order valence-corrected chi connectivity index (χ4v) is 3.95. The van der Waals surface area contributed by atoms with Crippen LogP contribution in [0.15, 0.2) is 65.4 Å². The van der Waals surface area contributed by atoms with Crippen molar-refractivity contribution in [2.75, 3.05) is 18.4 Å². The summed E-state index contributed by atoms with van der Waals surface area (Å²) < 4.78 is 7.68. The summed E-state index contributed by atoms with van der Waals surface area (Å²) in [4.78, 5) is 23.8. The number of halogens is 1. The van der Waals surface area contributed by atoms with E-state index in [1.807, 2.05) is 36.4 Å². The van der Waals surface area contributed by atoms with Crippen molar-refractivity contribution in [3.8, 4) is 11.6 Å². The van der Waals surface area contributed by atoms with Crippen molar-refractivity contribution in [1.82, 2.24) is 19.4 Å². The van der Waals surface area contributed by atoms with Gasteiger partial charge in [0, 0.05) is 30.0 Å². The molecule has 8 heteroatoms. The molecule has 0 spiro atoms. The Morgan fingerprint density at radius 2 is 2.14 bits per heavy atom. The Labute approximate surface area is 171 Å². The molecule has 1 aliphatic rings. The molecule has 1 aromatic carbocycles. The minimum absolute atomic E-state index is 0.0557. The maximum Gasteiger partial charge on any atom is 0.321 e. The summed E-state index contributed by atoms with van der Waals surface area (Å²) in [5.41, 5.74) is 2.28. The average Bonchev–Trinajstić information content (AvgIpc) is 3.46. The zero-order chi connectivity index (χ0) is 19.8. The standard InChI is InChI=1S/C21H18ClN5O2/c22-14-4-1-5-15(12-14)24-21(28)26-10-8-16(13-26)27-19-17(6-2-9-23-19)25-20(27)18-7-3-11-29-18/h1-7,9,11-12,16H,8,10,13H2,(H,24,28)/t16-/m0/s1. The second-order valence-corrected chi connectivity index (χ2v) is 7.39. The lowest BCUT2D eigenvalue weighted by Gasteiger charge is -2.19. The van der Waals surface area contributed by atoms with Gasteiger partial charge in [-0.1, -0.05) is 17.7 Å². The molecule has 1 atom stereocenters. The maximum absolute atomic E-state index is 12.7. The van der Waals surface area contributed by atoms with Gasteiger partial charge in [-0.2, -0.15) is 0 Å². The molecular weight excluding hydrogens is 390 g/mol. The first kappa shape index (κ1) is 17.8. The molecule has 7 nitrogen and oxygen atoms in total. The molecule has 0 radical (unpaired) electrons. The number of hydrogen-bond donors (Lipinski definition) is 1. The van der Waals surface area contributed by atoms with E-state index in [4.69, 9.17) is 21.0 Å². The molecule has 0 saturated carbocycles. The summed E-state index contributed by atoms with van der Waals surface area (Å²) >= 11 is 6.01.